The molecule has 1 aromatic carbocycles. The van der Waals surface area contributed by atoms with Crippen molar-refractivity contribution in [3.63, 3.8) is 0 Å². The molecule has 0 unspecified atom stereocenters. The highest BCUT2D eigenvalue weighted by Gasteiger charge is 2.28. The van der Waals surface area contributed by atoms with Gasteiger partial charge in [-0.3, -0.25) is 9.59 Å². The van der Waals surface area contributed by atoms with E-state index in [4.69, 9.17) is 14.2 Å². The van der Waals surface area contributed by atoms with Crippen LogP contribution in [0.3, 0.4) is 0 Å². The molecule has 1 amide bonds. The number of nitrogens with zero attached hydrogens (tertiary/aromatic N) is 1. The Morgan fingerprint density at radius 3 is 2.70 bits per heavy atom. The van der Waals surface area contributed by atoms with E-state index in [9.17, 15) is 18.0 Å². The first-order valence-corrected chi connectivity index (χ1v) is 11.4. The van der Waals surface area contributed by atoms with Gasteiger partial charge in [0, 0.05) is 29.7 Å². The number of benzene rings is 1. The van der Waals surface area contributed by atoms with Crippen molar-refractivity contribution in [3.8, 4) is 5.75 Å². The smallest absolute Gasteiger partial charge is 0.311 e. The number of morpholine rings is 1. The van der Waals surface area contributed by atoms with Crippen molar-refractivity contribution in [2.45, 2.75) is 10.6 Å². The second-order valence-corrected chi connectivity index (χ2v) is 9.69. The van der Waals surface area contributed by atoms with E-state index in [1.54, 1.807) is 30.3 Å². The highest BCUT2D eigenvalue weighted by Crippen LogP contribution is 2.26. The van der Waals surface area contributed by atoms with Crippen LogP contribution in [-0.2, 0) is 35.5 Å². The van der Waals surface area contributed by atoms with Gasteiger partial charge in [-0.1, -0.05) is 6.07 Å². The van der Waals surface area contributed by atoms with Crippen LogP contribution >= 0.6 is 11.3 Å². The van der Waals surface area contributed by atoms with Crippen molar-refractivity contribution in [2.75, 3.05) is 45.3 Å². The summed E-state index contributed by atoms with van der Waals surface area (Å²) in [6.45, 7) is 0.892. The highest BCUT2D eigenvalue weighted by atomic mass is 32.2. The van der Waals surface area contributed by atoms with Crippen molar-refractivity contribution >= 4 is 38.9 Å². The van der Waals surface area contributed by atoms with Gasteiger partial charge in [-0.15, -0.1) is 11.3 Å². The van der Waals surface area contributed by atoms with Gasteiger partial charge in [-0.2, -0.15) is 4.31 Å². The first kappa shape index (κ1) is 22.2. The maximum atomic E-state index is 12.6. The Hall–Kier alpha value is -2.47. The van der Waals surface area contributed by atoms with Crippen LogP contribution < -0.4 is 10.1 Å². The Morgan fingerprint density at radius 2 is 1.97 bits per heavy atom. The number of methoxy groups -OCH3 is 1. The lowest BCUT2D eigenvalue weighted by Crippen LogP contribution is -2.40. The third kappa shape index (κ3) is 5.79. The number of thiophene rings is 1. The van der Waals surface area contributed by atoms with Crippen LogP contribution in [0.4, 0.5) is 5.69 Å². The number of hydrogen-bond donors (Lipinski definition) is 1. The third-order valence-corrected chi connectivity index (χ3v) is 7.69. The fourth-order valence-electron chi connectivity index (χ4n) is 2.74. The largest absolute Gasteiger partial charge is 0.497 e. The maximum absolute atomic E-state index is 12.6. The predicted octanol–water partition coefficient (Wildman–Crippen LogP) is 1.50. The number of anilines is 1. The van der Waals surface area contributed by atoms with Crippen molar-refractivity contribution in [1.82, 2.24) is 4.31 Å². The van der Waals surface area contributed by atoms with Crippen LogP contribution in [-0.4, -0.2) is 64.6 Å². The standard InChI is InChI=1S/C19H22N2O7S2/c1-26-15-4-2-3-14(11-15)20-17(22)13-28-18(23)12-16-5-6-19(29-16)30(24,25)21-7-9-27-10-8-21/h2-6,11H,7-10,12-13H2,1H3,(H,20,22). The molecule has 1 aliphatic rings. The molecule has 1 aliphatic heterocycles. The molecule has 0 aliphatic carbocycles. The van der Waals surface area contributed by atoms with Crippen LogP contribution in [0.5, 0.6) is 5.75 Å². The first-order valence-electron chi connectivity index (χ1n) is 9.14. The van der Waals surface area contributed by atoms with Crippen LogP contribution in [0.2, 0.25) is 0 Å². The Morgan fingerprint density at radius 1 is 1.20 bits per heavy atom. The zero-order valence-corrected chi connectivity index (χ0v) is 18.0. The first-order chi connectivity index (χ1) is 14.4. The second-order valence-electron chi connectivity index (χ2n) is 6.35. The number of rotatable bonds is 8. The van der Waals surface area contributed by atoms with Gasteiger partial charge in [0.1, 0.15) is 9.96 Å². The van der Waals surface area contributed by atoms with E-state index in [1.807, 2.05) is 0 Å². The molecule has 0 atom stereocenters. The number of hydrogen-bond acceptors (Lipinski definition) is 8. The molecule has 162 valence electrons. The second kappa shape index (κ2) is 10.0. The molecule has 1 fully saturated rings. The summed E-state index contributed by atoms with van der Waals surface area (Å²) in [6, 6.07) is 9.85. The Balaban J connectivity index is 1.50. The number of carbonyl (C=O) groups excluding carboxylic acids is 2. The minimum absolute atomic E-state index is 0.115. The fourth-order valence-corrected chi connectivity index (χ4v) is 5.65. The molecule has 0 spiro atoms. The van der Waals surface area contributed by atoms with Crippen LogP contribution in [0, 0.1) is 0 Å². The number of esters is 1. The van der Waals surface area contributed by atoms with Gasteiger partial charge < -0.3 is 19.5 Å². The average Bonchev–Trinajstić information content (AvgIpc) is 3.22. The molecular weight excluding hydrogens is 432 g/mol. The normalized spacial score (nSPS) is 14.8. The van der Waals surface area contributed by atoms with E-state index in [0.29, 0.717) is 42.6 Å². The van der Waals surface area contributed by atoms with Crippen LogP contribution in [0.25, 0.3) is 0 Å². The lowest BCUT2D eigenvalue weighted by atomic mass is 10.3. The number of nitrogens with one attached hydrogen (secondary N) is 1. The van der Waals surface area contributed by atoms with Gasteiger partial charge in [0.05, 0.1) is 26.7 Å². The molecule has 1 saturated heterocycles. The molecule has 1 aromatic heterocycles. The zero-order valence-electron chi connectivity index (χ0n) is 16.3. The van der Waals surface area contributed by atoms with E-state index in [2.05, 4.69) is 5.32 Å². The highest BCUT2D eigenvalue weighted by molar-refractivity contribution is 7.91. The summed E-state index contributed by atoms with van der Waals surface area (Å²) in [5.41, 5.74) is 0.520. The number of sulfonamides is 1. The molecule has 1 N–H and O–H groups in total. The summed E-state index contributed by atoms with van der Waals surface area (Å²) >= 11 is 1.02. The molecule has 0 saturated carbocycles. The maximum Gasteiger partial charge on any atom is 0.311 e. The van der Waals surface area contributed by atoms with Gasteiger partial charge in [0.25, 0.3) is 15.9 Å². The fraction of sp³-hybridized carbons (Fsp3) is 0.368. The summed E-state index contributed by atoms with van der Waals surface area (Å²) in [7, 11) is -2.08. The molecule has 0 radical (unpaired) electrons. The Labute approximate surface area is 178 Å². The summed E-state index contributed by atoms with van der Waals surface area (Å²) in [5, 5.41) is 2.61. The minimum atomic E-state index is -3.60. The van der Waals surface area contributed by atoms with Crippen molar-refractivity contribution in [3.05, 3.63) is 41.3 Å². The predicted molar refractivity (Wildman–Crippen MR) is 110 cm³/mol. The number of carbonyl (C=O) groups is 2. The topological polar surface area (TPSA) is 111 Å². The SMILES string of the molecule is COc1cccc(NC(=O)COC(=O)Cc2ccc(S(=O)(=O)N3CCOCC3)s2)c1. The lowest BCUT2D eigenvalue weighted by molar-refractivity contribution is -0.146. The molecule has 11 heteroatoms. The minimum Gasteiger partial charge on any atom is -0.497 e. The monoisotopic (exact) mass is 454 g/mol. The van der Waals surface area contributed by atoms with Crippen molar-refractivity contribution in [1.29, 1.82) is 0 Å². The quantitative estimate of drug-likeness (QED) is 0.602. The molecule has 2 aromatic rings. The van der Waals surface area contributed by atoms with Crippen LogP contribution in [0.15, 0.2) is 40.6 Å². The number of amides is 1. The lowest BCUT2D eigenvalue weighted by Gasteiger charge is -2.25. The Kier molecular flexibility index (Phi) is 7.43. The summed E-state index contributed by atoms with van der Waals surface area (Å²) in [6.07, 6.45) is -0.115. The van der Waals surface area contributed by atoms with Gasteiger partial charge >= 0.3 is 5.97 Å². The Bertz CT molecular complexity index is 998. The summed E-state index contributed by atoms with van der Waals surface area (Å²) in [4.78, 5) is 24.5. The van der Waals surface area contributed by atoms with E-state index < -0.39 is 28.5 Å². The third-order valence-electron chi connectivity index (χ3n) is 4.24. The molecule has 0 bridgehead atoms. The molecule has 30 heavy (non-hydrogen) atoms. The van der Waals surface area contributed by atoms with E-state index in [1.165, 1.54) is 17.5 Å². The van der Waals surface area contributed by atoms with Gasteiger partial charge in [0.2, 0.25) is 0 Å². The molecule has 2 heterocycles. The summed E-state index contributed by atoms with van der Waals surface area (Å²) in [5.74, 6) is -0.517. The number of ether oxygens (including phenoxy) is 3. The van der Waals surface area contributed by atoms with E-state index in [0.717, 1.165) is 11.3 Å². The van der Waals surface area contributed by atoms with Crippen LogP contribution in [0.1, 0.15) is 4.88 Å². The summed E-state index contributed by atoms with van der Waals surface area (Å²) < 4.78 is 42.0. The average molecular weight is 455 g/mol. The van der Waals surface area contributed by atoms with E-state index in [-0.39, 0.29) is 10.6 Å². The van der Waals surface area contributed by atoms with Crippen molar-refractivity contribution < 1.29 is 32.2 Å². The zero-order chi connectivity index (χ0) is 21.6. The molecular formula is C19H22N2O7S2. The van der Waals surface area contributed by atoms with Gasteiger partial charge in [-0.25, -0.2) is 8.42 Å². The van der Waals surface area contributed by atoms with Gasteiger partial charge in [-0.05, 0) is 24.3 Å². The molecule has 9 nitrogen and oxygen atoms in total. The van der Waals surface area contributed by atoms with E-state index >= 15 is 0 Å². The van der Waals surface area contributed by atoms with Gasteiger partial charge in [0.15, 0.2) is 6.61 Å². The molecule has 3 rings (SSSR count). The van der Waals surface area contributed by atoms with Crippen molar-refractivity contribution in [2.24, 2.45) is 0 Å².